The van der Waals surface area contributed by atoms with E-state index in [1.807, 2.05) is 0 Å². The van der Waals surface area contributed by atoms with E-state index in [4.69, 9.17) is 0 Å². The van der Waals surface area contributed by atoms with Crippen molar-refractivity contribution in [2.45, 2.75) is 6.92 Å². The highest BCUT2D eigenvalue weighted by molar-refractivity contribution is 4.97. The van der Waals surface area contributed by atoms with Gasteiger partial charge in [-0.15, -0.1) is 0 Å². The lowest BCUT2D eigenvalue weighted by molar-refractivity contribution is 0.612. The third-order valence-electron chi connectivity index (χ3n) is 0.743. The molecule has 2 nitrogen and oxygen atoms in total. The van der Waals surface area contributed by atoms with Crippen molar-refractivity contribution in [2.75, 3.05) is 0 Å². The first kappa shape index (κ1) is 5.15. The highest BCUT2D eigenvalue weighted by Crippen LogP contribution is 1.92. The predicted octanol–water partition coefficient (Wildman–Crippen LogP) is 0.924. The summed E-state index contributed by atoms with van der Waals surface area (Å²) in [5.74, 6) is -0.336. The summed E-state index contributed by atoms with van der Waals surface area (Å²) in [5, 5.41) is 6.91. The van der Waals surface area contributed by atoms with Crippen molar-refractivity contribution < 1.29 is 4.39 Å². The quantitative estimate of drug-likeness (QED) is 0.498. The SMILES string of the molecule is Cc1cc(F)cnn1. The molecule has 8 heavy (non-hydrogen) atoms. The number of hydrogen-bond acceptors (Lipinski definition) is 2. The van der Waals surface area contributed by atoms with Gasteiger partial charge in [0.2, 0.25) is 0 Å². The minimum absolute atomic E-state index is 0.336. The molecule has 0 fully saturated rings. The fourth-order valence-corrected chi connectivity index (χ4v) is 0.441. The van der Waals surface area contributed by atoms with Crippen LogP contribution in [0.3, 0.4) is 0 Å². The molecular weight excluding hydrogens is 107 g/mol. The van der Waals surface area contributed by atoms with Crippen molar-refractivity contribution in [2.24, 2.45) is 0 Å². The molecule has 0 aliphatic rings. The average molecular weight is 112 g/mol. The summed E-state index contributed by atoms with van der Waals surface area (Å²) < 4.78 is 12.1. The summed E-state index contributed by atoms with van der Waals surface area (Å²) in [6.45, 7) is 1.69. The molecule has 0 spiro atoms. The first-order valence-corrected chi connectivity index (χ1v) is 2.24. The van der Waals surface area contributed by atoms with Crippen molar-refractivity contribution in [3.05, 3.63) is 23.8 Å². The Balaban J connectivity index is 3.08. The Morgan fingerprint density at radius 3 is 2.75 bits per heavy atom. The van der Waals surface area contributed by atoms with Crippen LogP contribution in [0.15, 0.2) is 12.3 Å². The van der Waals surface area contributed by atoms with Crippen LogP contribution in [0, 0.1) is 12.7 Å². The zero-order valence-electron chi connectivity index (χ0n) is 4.43. The van der Waals surface area contributed by atoms with Crippen LogP contribution >= 0.6 is 0 Å². The molecule has 1 aromatic heterocycles. The van der Waals surface area contributed by atoms with E-state index < -0.39 is 0 Å². The van der Waals surface area contributed by atoms with E-state index in [9.17, 15) is 4.39 Å². The van der Waals surface area contributed by atoms with Gasteiger partial charge in [0.1, 0.15) is 5.82 Å². The predicted molar refractivity (Wildman–Crippen MR) is 26.7 cm³/mol. The summed E-state index contributed by atoms with van der Waals surface area (Å²) in [4.78, 5) is 0. The fourth-order valence-electron chi connectivity index (χ4n) is 0.441. The average Bonchev–Trinajstić information content (AvgIpc) is 1.64. The number of aromatic nitrogens is 2. The number of aryl methyl sites for hydroxylation is 1. The summed E-state index contributed by atoms with van der Waals surface area (Å²) in [6, 6.07) is 1.33. The van der Waals surface area contributed by atoms with Crippen molar-refractivity contribution in [1.29, 1.82) is 0 Å². The summed E-state index contributed by atoms with van der Waals surface area (Å²) >= 11 is 0. The van der Waals surface area contributed by atoms with Crippen LogP contribution in [0.5, 0.6) is 0 Å². The Bertz CT molecular complexity index is 170. The van der Waals surface area contributed by atoms with Gasteiger partial charge in [0.25, 0.3) is 0 Å². The standard InChI is InChI=1S/C5H5FN2/c1-4-2-5(6)3-7-8-4/h2-3H,1H3. The van der Waals surface area contributed by atoms with Gasteiger partial charge in [-0.05, 0) is 13.0 Å². The van der Waals surface area contributed by atoms with Crippen LogP contribution < -0.4 is 0 Å². The second-order valence-electron chi connectivity index (χ2n) is 1.52. The minimum Gasteiger partial charge on any atom is -0.205 e. The van der Waals surface area contributed by atoms with E-state index in [2.05, 4.69) is 10.2 Å². The molecule has 1 heterocycles. The molecule has 0 unspecified atom stereocenters. The third-order valence-corrected chi connectivity index (χ3v) is 0.743. The first-order chi connectivity index (χ1) is 3.79. The fraction of sp³-hybridized carbons (Fsp3) is 0.200. The van der Waals surface area contributed by atoms with Gasteiger partial charge in [-0.2, -0.15) is 10.2 Å². The normalized spacial score (nSPS) is 9.25. The van der Waals surface area contributed by atoms with Crippen molar-refractivity contribution in [3.63, 3.8) is 0 Å². The number of nitrogens with zero attached hydrogens (tertiary/aromatic N) is 2. The summed E-state index contributed by atoms with van der Waals surface area (Å²) in [7, 11) is 0. The van der Waals surface area contributed by atoms with Gasteiger partial charge in [-0.1, -0.05) is 0 Å². The lowest BCUT2D eigenvalue weighted by atomic mass is 10.4. The second kappa shape index (κ2) is 1.86. The van der Waals surface area contributed by atoms with Crippen LogP contribution in [0.1, 0.15) is 5.69 Å². The van der Waals surface area contributed by atoms with Gasteiger partial charge in [-0.25, -0.2) is 4.39 Å². The van der Waals surface area contributed by atoms with Gasteiger partial charge in [-0.3, -0.25) is 0 Å². The Morgan fingerprint density at radius 1 is 1.62 bits per heavy atom. The molecule has 1 aromatic rings. The molecule has 0 saturated carbocycles. The van der Waals surface area contributed by atoms with Crippen molar-refractivity contribution in [3.8, 4) is 0 Å². The zero-order chi connectivity index (χ0) is 5.98. The van der Waals surface area contributed by atoms with E-state index in [0.29, 0.717) is 5.69 Å². The Morgan fingerprint density at radius 2 is 2.38 bits per heavy atom. The van der Waals surface area contributed by atoms with Gasteiger partial charge in [0.05, 0.1) is 11.9 Å². The van der Waals surface area contributed by atoms with E-state index in [0.717, 1.165) is 6.20 Å². The molecule has 0 aliphatic heterocycles. The Hall–Kier alpha value is -0.990. The molecule has 0 atom stereocenters. The second-order valence-corrected chi connectivity index (χ2v) is 1.52. The summed E-state index contributed by atoms with van der Waals surface area (Å²) in [5.41, 5.74) is 0.602. The van der Waals surface area contributed by atoms with E-state index in [1.54, 1.807) is 6.92 Å². The lowest BCUT2D eigenvalue weighted by Crippen LogP contribution is -1.85. The smallest absolute Gasteiger partial charge is 0.145 e. The molecule has 0 aliphatic carbocycles. The van der Waals surface area contributed by atoms with E-state index in [-0.39, 0.29) is 5.82 Å². The van der Waals surface area contributed by atoms with Crippen LogP contribution in [0.4, 0.5) is 4.39 Å². The van der Waals surface area contributed by atoms with Gasteiger partial charge < -0.3 is 0 Å². The van der Waals surface area contributed by atoms with E-state index in [1.165, 1.54) is 6.07 Å². The zero-order valence-corrected chi connectivity index (χ0v) is 4.43. The lowest BCUT2D eigenvalue weighted by Gasteiger charge is -1.85. The molecular formula is C5H5FN2. The van der Waals surface area contributed by atoms with Crippen molar-refractivity contribution in [1.82, 2.24) is 10.2 Å². The third kappa shape index (κ3) is 0.992. The molecule has 0 aromatic carbocycles. The topological polar surface area (TPSA) is 25.8 Å². The van der Waals surface area contributed by atoms with E-state index >= 15 is 0 Å². The minimum atomic E-state index is -0.336. The van der Waals surface area contributed by atoms with Crippen LogP contribution in [0.25, 0.3) is 0 Å². The van der Waals surface area contributed by atoms with Crippen molar-refractivity contribution >= 4 is 0 Å². The Labute approximate surface area is 46.4 Å². The molecule has 0 amide bonds. The molecule has 0 saturated heterocycles. The maximum atomic E-state index is 12.1. The molecule has 0 N–H and O–H groups in total. The maximum absolute atomic E-state index is 12.1. The van der Waals surface area contributed by atoms with Crippen LogP contribution in [0.2, 0.25) is 0 Å². The molecule has 0 radical (unpaired) electrons. The number of halogens is 1. The molecule has 3 heteroatoms. The van der Waals surface area contributed by atoms with Gasteiger partial charge in [0, 0.05) is 0 Å². The molecule has 1 rings (SSSR count). The molecule has 42 valence electrons. The highest BCUT2D eigenvalue weighted by atomic mass is 19.1. The highest BCUT2D eigenvalue weighted by Gasteiger charge is 1.87. The molecule has 0 bridgehead atoms. The number of hydrogen-bond donors (Lipinski definition) is 0. The maximum Gasteiger partial charge on any atom is 0.145 e. The number of rotatable bonds is 0. The first-order valence-electron chi connectivity index (χ1n) is 2.24. The van der Waals surface area contributed by atoms with Gasteiger partial charge in [0.15, 0.2) is 0 Å². The largest absolute Gasteiger partial charge is 0.205 e. The Kier molecular flexibility index (Phi) is 1.20. The van der Waals surface area contributed by atoms with Crippen LogP contribution in [-0.4, -0.2) is 10.2 Å². The monoisotopic (exact) mass is 112 g/mol. The van der Waals surface area contributed by atoms with Gasteiger partial charge >= 0.3 is 0 Å². The van der Waals surface area contributed by atoms with Crippen LogP contribution in [-0.2, 0) is 0 Å². The summed E-state index contributed by atoms with van der Waals surface area (Å²) in [6.07, 6.45) is 1.08.